The highest BCUT2D eigenvalue weighted by Crippen LogP contribution is 2.38. The fraction of sp³-hybridized carbons (Fsp3) is 0.588. The summed E-state index contributed by atoms with van der Waals surface area (Å²) < 4.78 is 2.27. The third kappa shape index (κ3) is 2.24. The van der Waals surface area contributed by atoms with Crippen LogP contribution in [0.1, 0.15) is 43.5 Å². The highest BCUT2D eigenvalue weighted by atomic mass is 15.1. The summed E-state index contributed by atoms with van der Waals surface area (Å²) in [6.45, 7) is 2.95. The Morgan fingerprint density at radius 1 is 1.25 bits per heavy atom. The van der Waals surface area contributed by atoms with Crippen molar-refractivity contribution >= 4 is 11.0 Å². The van der Waals surface area contributed by atoms with Crippen molar-refractivity contribution in [2.24, 2.45) is 18.2 Å². The van der Waals surface area contributed by atoms with Gasteiger partial charge in [0.15, 0.2) is 0 Å². The lowest BCUT2D eigenvalue weighted by Crippen LogP contribution is -2.35. The molecule has 108 valence electrons. The number of fused-ring (bicyclic) bond motifs is 1. The number of aryl methyl sites for hydroxylation is 2. The second-order valence-electron chi connectivity index (χ2n) is 6.47. The summed E-state index contributed by atoms with van der Waals surface area (Å²) in [7, 11) is 2.14. The molecule has 20 heavy (non-hydrogen) atoms. The van der Waals surface area contributed by atoms with E-state index in [-0.39, 0.29) is 5.41 Å². The SMILES string of the molecule is Cc1cccc2nc(CC3(CN)CCCCC3)n(C)c12. The lowest BCUT2D eigenvalue weighted by Gasteiger charge is -2.36. The van der Waals surface area contributed by atoms with Crippen LogP contribution in [0.4, 0.5) is 0 Å². The van der Waals surface area contributed by atoms with E-state index in [0.29, 0.717) is 0 Å². The van der Waals surface area contributed by atoms with Gasteiger partial charge in [-0.15, -0.1) is 0 Å². The molecule has 0 radical (unpaired) electrons. The molecular weight excluding hydrogens is 246 g/mol. The van der Waals surface area contributed by atoms with Crippen LogP contribution in [-0.2, 0) is 13.5 Å². The normalized spacial score (nSPS) is 18.6. The van der Waals surface area contributed by atoms with Crippen LogP contribution in [0.5, 0.6) is 0 Å². The second kappa shape index (κ2) is 5.21. The molecular formula is C17H25N3. The van der Waals surface area contributed by atoms with Crippen molar-refractivity contribution in [1.29, 1.82) is 0 Å². The van der Waals surface area contributed by atoms with E-state index in [4.69, 9.17) is 10.7 Å². The van der Waals surface area contributed by atoms with E-state index in [1.165, 1.54) is 49.0 Å². The molecule has 3 nitrogen and oxygen atoms in total. The Labute approximate surface area is 121 Å². The number of aromatic nitrogens is 2. The Hall–Kier alpha value is -1.35. The zero-order chi connectivity index (χ0) is 14.2. The maximum atomic E-state index is 6.12. The van der Waals surface area contributed by atoms with Gasteiger partial charge in [-0.3, -0.25) is 0 Å². The Bertz CT molecular complexity index is 606. The number of nitrogens with zero attached hydrogens (tertiary/aromatic N) is 2. The molecule has 1 aromatic heterocycles. The van der Waals surface area contributed by atoms with Gasteiger partial charge in [0.05, 0.1) is 11.0 Å². The zero-order valence-electron chi connectivity index (χ0n) is 12.7. The summed E-state index contributed by atoms with van der Waals surface area (Å²) in [6, 6.07) is 6.36. The van der Waals surface area contributed by atoms with Crippen LogP contribution in [0.3, 0.4) is 0 Å². The average molecular weight is 271 g/mol. The molecule has 2 N–H and O–H groups in total. The van der Waals surface area contributed by atoms with Crippen molar-refractivity contribution in [3.8, 4) is 0 Å². The molecule has 1 aromatic carbocycles. The molecule has 0 aliphatic heterocycles. The number of rotatable bonds is 3. The van der Waals surface area contributed by atoms with Crippen LogP contribution in [-0.4, -0.2) is 16.1 Å². The molecule has 0 atom stereocenters. The van der Waals surface area contributed by atoms with E-state index in [9.17, 15) is 0 Å². The Balaban J connectivity index is 1.98. The molecule has 1 aliphatic rings. The Morgan fingerprint density at radius 3 is 2.65 bits per heavy atom. The summed E-state index contributed by atoms with van der Waals surface area (Å²) in [5.41, 5.74) is 10.1. The summed E-state index contributed by atoms with van der Waals surface area (Å²) in [5, 5.41) is 0. The molecule has 0 saturated heterocycles. The van der Waals surface area contributed by atoms with E-state index in [0.717, 1.165) is 18.5 Å². The van der Waals surface area contributed by atoms with Gasteiger partial charge >= 0.3 is 0 Å². The molecule has 3 rings (SSSR count). The average Bonchev–Trinajstić information content (AvgIpc) is 2.78. The lowest BCUT2D eigenvalue weighted by molar-refractivity contribution is 0.192. The third-order valence-electron chi connectivity index (χ3n) is 5.07. The van der Waals surface area contributed by atoms with Gasteiger partial charge in [-0.05, 0) is 43.4 Å². The molecule has 0 spiro atoms. The molecule has 1 fully saturated rings. The zero-order valence-corrected chi connectivity index (χ0v) is 12.7. The third-order valence-corrected chi connectivity index (χ3v) is 5.07. The van der Waals surface area contributed by atoms with Crippen molar-refractivity contribution in [1.82, 2.24) is 9.55 Å². The van der Waals surface area contributed by atoms with E-state index in [2.05, 4.69) is 36.7 Å². The standard InChI is InChI=1S/C17H25N3/c1-13-7-6-8-14-16(13)20(2)15(19-14)11-17(12-18)9-4-3-5-10-17/h6-8H,3-5,9-12,18H2,1-2H3. The van der Waals surface area contributed by atoms with Crippen LogP contribution < -0.4 is 5.73 Å². The van der Waals surface area contributed by atoms with Crippen molar-refractivity contribution in [3.05, 3.63) is 29.6 Å². The highest BCUT2D eigenvalue weighted by molar-refractivity contribution is 5.79. The molecule has 0 unspecified atom stereocenters. The van der Waals surface area contributed by atoms with Crippen molar-refractivity contribution < 1.29 is 0 Å². The predicted molar refractivity (Wildman–Crippen MR) is 83.7 cm³/mol. The van der Waals surface area contributed by atoms with Gasteiger partial charge in [0.25, 0.3) is 0 Å². The van der Waals surface area contributed by atoms with E-state index < -0.39 is 0 Å². The molecule has 2 aromatic rings. The predicted octanol–water partition coefficient (Wildman–Crippen LogP) is 3.33. The van der Waals surface area contributed by atoms with Crippen molar-refractivity contribution in [2.45, 2.75) is 45.4 Å². The van der Waals surface area contributed by atoms with Gasteiger partial charge < -0.3 is 10.3 Å². The monoisotopic (exact) mass is 271 g/mol. The molecule has 1 heterocycles. The lowest BCUT2D eigenvalue weighted by atomic mass is 9.71. The number of hydrogen-bond donors (Lipinski definition) is 1. The first-order valence-electron chi connectivity index (χ1n) is 7.76. The van der Waals surface area contributed by atoms with Crippen LogP contribution in [0.25, 0.3) is 11.0 Å². The number of imidazole rings is 1. The van der Waals surface area contributed by atoms with Gasteiger partial charge in [0.1, 0.15) is 5.82 Å². The summed E-state index contributed by atoms with van der Waals surface area (Å²) in [6.07, 6.45) is 7.54. The number of para-hydroxylation sites is 1. The smallest absolute Gasteiger partial charge is 0.110 e. The minimum atomic E-state index is 0.279. The van der Waals surface area contributed by atoms with Crippen LogP contribution >= 0.6 is 0 Å². The van der Waals surface area contributed by atoms with Crippen LogP contribution in [0.2, 0.25) is 0 Å². The van der Waals surface area contributed by atoms with Gasteiger partial charge in [-0.1, -0.05) is 31.4 Å². The van der Waals surface area contributed by atoms with Gasteiger partial charge in [-0.25, -0.2) is 4.98 Å². The summed E-state index contributed by atoms with van der Waals surface area (Å²) >= 11 is 0. The van der Waals surface area contributed by atoms with E-state index >= 15 is 0 Å². The van der Waals surface area contributed by atoms with Crippen molar-refractivity contribution in [2.75, 3.05) is 6.54 Å². The maximum absolute atomic E-state index is 6.12. The highest BCUT2D eigenvalue weighted by Gasteiger charge is 2.32. The van der Waals surface area contributed by atoms with Crippen molar-refractivity contribution in [3.63, 3.8) is 0 Å². The fourth-order valence-electron chi connectivity index (χ4n) is 3.76. The minimum absolute atomic E-state index is 0.279. The molecule has 0 bridgehead atoms. The van der Waals surface area contributed by atoms with E-state index in [1.54, 1.807) is 0 Å². The number of hydrogen-bond acceptors (Lipinski definition) is 2. The van der Waals surface area contributed by atoms with Crippen LogP contribution in [0, 0.1) is 12.3 Å². The first-order chi connectivity index (χ1) is 9.65. The first-order valence-corrected chi connectivity index (χ1v) is 7.76. The molecule has 1 saturated carbocycles. The Kier molecular flexibility index (Phi) is 3.55. The molecule has 3 heteroatoms. The quantitative estimate of drug-likeness (QED) is 0.930. The summed E-state index contributed by atoms with van der Waals surface area (Å²) in [5.74, 6) is 1.20. The summed E-state index contributed by atoms with van der Waals surface area (Å²) in [4.78, 5) is 4.87. The second-order valence-corrected chi connectivity index (χ2v) is 6.47. The Morgan fingerprint density at radius 2 is 2.00 bits per heavy atom. The van der Waals surface area contributed by atoms with Gasteiger partial charge in [0.2, 0.25) is 0 Å². The minimum Gasteiger partial charge on any atom is -0.331 e. The van der Waals surface area contributed by atoms with Crippen LogP contribution in [0.15, 0.2) is 18.2 Å². The number of benzene rings is 1. The van der Waals surface area contributed by atoms with Gasteiger partial charge in [0, 0.05) is 13.5 Å². The number of nitrogens with two attached hydrogens (primary N) is 1. The molecule has 0 amide bonds. The van der Waals surface area contributed by atoms with E-state index in [1.807, 2.05) is 0 Å². The molecule has 1 aliphatic carbocycles. The first kappa shape index (κ1) is 13.6. The fourth-order valence-corrected chi connectivity index (χ4v) is 3.76. The largest absolute Gasteiger partial charge is 0.331 e. The van der Waals surface area contributed by atoms with Gasteiger partial charge in [-0.2, -0.15) is 0 Å². The maximum Gasteiger partial charge on any atom is 0.110 e. The topological polar surface area (TPSA) is 43.8 Å².